The second kappa shape index (κ2) is 8.98. The van der Waals surface area contributed by atoms with Crippen LogP contribution >= 0.6 is 0 Å². The molecule has 0 radical (unpaired) electrons. The van der Waals surface area contributed by atoms with Gasteiger partial charge in [0.2, 0.25) is 5.91 Å². The lowest BCUT2D eigenvalue weighted by atomic mass is 10.1. The fourth-order valence-corrected chi connectivity index (χ4v) is 4.48. The molecule has 1 amide bonds. The van der Waals surface area contributed by atoms with Gasteiger partial charge in [-0.2, -0.15) is 0 Å². The van der Waals surface area contributed by atoms with E-state index in [0.29, 0.717) is 6.54 Å². The van der Waals surface area contributed by atoms with E-state index in [0.717, 1.165) is 80.2 Å². The SMILES string of the molecule is O=C(CN1CCN(c2nc(-c3ccncc3)nc3ccccc23)CC1)N1CCCCC1. The number of pyridine rings is 1. The number of likely N-dealkylation sites (tertiary alicyclic amines) is 1. The normalized spacial score (nSPS) is 17.8. The molecule has 7 nitrogen and oxygen atoms in total. The van der Waals surface area contributed by atoms with Gasteiger partial charge in [-0.25, -0.2) is 9.97 Å². The molecule has 2 aromatic heterocycles. The van der Waals surface area contributed by atoms with E-state index in [9.17, 15) is 4.79 Å². The van der Waals surface area contributed by atoms with Crippen molar-refractivity contribution in [3.05, 3.63) is 48.8 Å². The summed E-state index contributed by atoms with van der Waals surface area (Å²) in [6.45, 7) is 5.80. The summed E-state index contributed by atoms with van der Waals surface area (Å²) in [4.78, 5) is 33.1. The minimum absolute atomic E-state index is 0.278. The van der Waals surface area contributed by atoms with Gasteiger partial charge in [0, 0.05) is 62.6 Å². The number of amides is 1. The largest absolute Gasteiger partial charge is 0.353 e. The van der Waals surface area contributed by atoms with E-state index in [2.05, 4.69) is 20.9 Å². The zero-order valence-corrected chi connectivity index (χ0v) is 17.8. The topological polar surface area (TPSA) is 65.5 Å². The molecule has 0 bridgehead atoms. The lowest BCUT2D eigenvalue weighted by Crippen LogP contribution is -2.51. The molecule has 160 valence electrons. The van der Waals surface area contributed by atoms with Gasteiger partial charge in [0.25, 0.3) is 0 Å². The molecule has 4 heterocycles. The van der Waals surface area contributed by atoms with Gasteiger partial charge >= 0.3 is 0 Å². The van der Waals surface area contributed by atoms with Crippen molar-refractivity contribution in [2.45, 2.75) is 19.3 Å². The molecule has 1 aromatic carbocycles. The zero-order valence-electron chi connectivity index (χ0n) is 17.8. The second-order valence-corrected chi connectivity index (χ2v) is 8.33. The van der Waals surface area contributed by atoms with Crippen molar-refractivity contribution >= 4 is 22.6 Å². The predicted molar refractivity (Wildman–Crippen MR) is 122 cm³/mol. The van der Waals surface area contributed by atoms with Gasteiger partial charge in [-0.1, -0.05) is 12.1 Å². The van der Waals surface area contributed by atoms with Gasteiger partial charge in [-0.15, -0.1) is 0 Å². The Morgan fingerprint density at radius 2 is 1.58 bits per heavy atom. The third-order valence-corrected chi connectivity index (χ3v) is 6.26. The van der Waals surface area contributed by atoms with Gasteiger partial charge in [-0.3, -0.25) is 14.7 Å². The van der Waals surface area contributed by atoms with Gasteiger partial charge in [0.1, 0.15) is 5.82 Å². The molecular formula is C24H28N6O. The van der Waals surface area contributed by atoms with Crippen LogP contribution in [0.25, 0.3) is 22.3 Å². The van der Waals surface area contributed by atoms with Gasteiger partial charge in [0.05, 0.1) is 12.1 Å². The zero-order chi connectivity index (χ0) is 21.0. The highest BCUT2D eigenvalue weighted by Crippen LogP contribution is 2.28. The number of anilines is 1. The van der Waals surface area contributed by atoms with E-state index in [1.807, 2.05) is 35.2 Å². The first-order valence-corrected chi connectivity index (χ1v) is 11.2. The van der Waals surface area contributed by atoms with Crippen LogP contribution in [0.3, 0.4) is 0 Å². The second-order valence-electron chi connectivity index (χ2n) is 8.33. The summed E-state index contributed by atoms with van der Waals surface area (Å²) >= 11 is 0. The summed E-state index contributed by atoms with van der Waals surface area (Å²) < 4.78 is 0. The molecule has 0 saturated carbocycles. The molecule has 2 fully saturated rings. The molecule has 2 saturated heterocycles. The maximum absolute atomic E-state index is 12.6. The fraction of sp³-hybridized carbons (Fsp3) is 0.417. The van der Waals surface area contributed by atoms with Crippen LogP contribution in [0, 0.1) is 0 Å². The number of hydrogen-bond donors (Lipinski definition) is 0. The standard InChI is InChI=1S/C24H28N6O/c31-22(29-12-4-1-5-13-29)18-28-14-16-30(17-15-28)24-20-6-2-3-7-21(20)26-23(27-24)19-8-10-25-11-9-19/h2-3,6-11H,1,4-5,12-18H2. The Hall–Kier alpha value is -3.06. The number of para-hydroxylation sites is 1. The van der Waals surface area contributed by atoms with Crippen molar-refractivity contribution in [3.8, 4) is 11.4 Å². The summed E-state index contributed by atoms with van der Waals surface area (Å²) in [7, 11) is 0. The molecule has 7 heteroatoms. The fourth-order valence-electron chi connectivity index (χ4n) is 4.48. The number of fused-ring (bicyclic) bond motifs is 1. The first kappa shape index (κ1) is 19.9. The van der Waals surface area contributed by atoms with Crippen molar-refractivity contribution < 1.29 is 4.79 Å². The number of rotatable bonds is 4. The Kier molecular flexibility index (Phi) is 5.76. The number of piperazine rings is 1. The minimum Gasteiger partial charge on any atom is -0.353 e. The lowest BCUT2D eigenvalue weighted by molar-refractivity contribution is -0.133. The molecular weight excluding hydrogens is 388 g/mol. The summed E-state index contributed by atoms with van der Waals surface area (Å²) in [5.74, 6) is 1.97. The number of aromatic nitrogens is 3. The molecule has 0 atom stereocenters. The number of carbonyl (C=O) groups is 1. The van der Waals surface area contributed by atoms with Crippen molar-refractivity contribution in [2.24, 2.45) is 0 Å². The van der Waals surface area contributed by atoms with Crippen LogP contribution in [-0.4, -0.2) is 76.5 Å². The Morgan fingerprint density at radius 1 is 0.839 bits per heavy atom. The molecule has 0 N–H and O–H groups in total. The average molecular weight is 417 g/mol. The molecule has 2 aliphatic heterocycles. The predicted octanol–water partition coefficient (Wildman–Crippen LogP) is 2.83. The van der Waals surface area contributed by atoms with Crippen LogP contribution in [0.1, 0.15) is 19.3 Å². The van der Waals surface area contributed by atoms with Gasteiger partial charge in [-0.05, 0) is 43.5 Å². The van der Waals surface area contributed by atoms with Crippen molar-refractivity contribution in [3.63, 3.8) is 0 Å². The van der Waals surface area contributed by atoms with E-state index in [4.69, 9.17) is 9.97 Å². The highest BCUT2D eigenvalue weighted by molar-refractivity contribution is 5.91. The van der Waals surface area contributed by atoms with Crippen LogP contribution < -0.4 is 4.90 Å². The Morgan fingerprint density at radius 3 is 2.35 bits per heavy atom. The van der Waals surface area contributed by atoms with E-state index in [-0.39, 0.29) is 5.91 Å². The van der Waals surface area contributed by atoms with E-state index in [1.165, 1.54) is 6.42 Å². The maximum Gasteiger partial charge on any atom is 0.236 e. The summed E-state index contributed by atoms with van der Waals surface area (Å²) in [5.41, 5.74) is 1.91. The van der Waals surface area contributed by atoms with Crippen LogP contribution in [0.15, 0.2) is 48.8 Å². The highest BCUT2D eigenvalue weighted by Gasteiger charge is 2.24. The van der Waals surface area contributed by atoms with E-state index >= 15 is 0 Å². The molecule has 0 spiro atoms. The smallest absolute Gasteiger partial charge is 0.236 e. The van der Waals surface area contributed by atoms with E-state index in [1.54, 1.807) is 12.4 Å². The van der Waals surface area contributed by atoms with Crippen LogP contribution in [0.2, 0.25) is 0 Å². The van der Waals surface area contributed by atoms with Crippen molar-refractivity contribution in [2.75, 3.05) is 50.7 Å². The maximum atomic E-state index is 12.6. The van der Waals surface area contributed by atoms with Crippen LogP contribution in [0.5, 0.6) is 0 Å². The third kappa shape index (κ3) is 4.37. The quantitative estimate of drug-likeness (QED) is 0.652. The monoisotopic (exact) mass is 416 g/mol. The molecule has 0 unspecified atom stereocenters. The Bertz CT molecular complexity index is 1040. The molecule has 0 aliphatic carbocycles. The number of benzene rings is 1. The molecule has 31 heavy (non-hydrogen) atoms. The average Bonchev–Trinajstić information content (AvgIpc) is 2.85. The summed E-state index contributed by atoms with van der Waals surface area (Å²) in [5, 5.41) is 1.07. The third-order valence-electron chi connectivity index (χ3n) is 6.26. The first-order chi connectivity index (χ1) is 15.3. The van der Waals surface area contributed by atoms with Gasteiger partial charge < -0.3 is 9.80 Å². The van der Waals surface area contributed by atoms with Crippen molar-refractivity contribution in [1.82, 2.24) is 24.8 Å². The van der Waals surface area contributed by atoms with E-state index < -0.39 is 0 Å². The number of hydrogen-bond acceptors (Lipinski definition) is 6. The number of piperidine rings is 1. The Balaban J connectivity index is 1.33. The molecule has 2 aliphatic rings. The highest BCUT2D eigenvalue weighted by atomic mass is 16.2. The first-order valence-electron chi connectivity index (χ1n) is 11.2. The minimum atomic E-state index is 0.278. The summed E-state index contributed by atoms with van der Waals surface area (Å²) in [6.07, 6.45) is 7.06. The van der Waals surface area contributed by atoms with Crippen molar-refractivity contribution in [1.29, 1.82) is 0 Å². The Labute approximate surface area is 182 Å². The molecule has 5 rings (SSSR count). The lowest BCUT2D eigenvalue weighted by Gasteiger charge is -2.37. The van der Waals surface area contributed by atoms with Crippen LogP contribution in [-0.2, 0) is 4.79 Å². The van der Waals surface area contributed by atoms with Gasteiger partial charge in [0.15, 0.2) is 5.82 Å². The molecule has 3 aromatic rings. The number of nitrogens with zero attached hydrogens (tertiary/aromatic N) is 6. The number of carbonyl (C=O) groups excluding carboxylic acids is 1. The summed E-state index contributed by atoms with van der Waals surface area (Å²) in [6, 6.07) is 12.1. The van der Waals surface area contributed by atoms with Crippen LogP contribution in [0.4, 0.5) is 5.82 Å².